The molecule has 21 heavy (non-hydrogen) atoms. The highest BCUT2D eigenvalue weighted by molar-refractivity contribution is 5.92. The lowest BCUT2D eigenvalue weighted by molar-refractivity contribution is 0.0786. The first-order valence-corrected chi connectivity index (χ1v) is 6.81. The summed E-state index contributed by atoms with van der Waals surface area (Å²) in [5.41, 5.74) is 0.433. The molecule has 0 spiro atoms. The second kappa shape index (κ2) is 5.87. The SMILES string of the molecule is O=C(c1ccccn1)N1CCC(Nc2ncccc2F)C1. The molecule has 0 radical (unpaired) electrons. The molecule has 3 heterocycles. The second-order valence-electron chi connectivity index (χ2n) is 4.93. The molecule has 5 nitrogen and oxygen atoms in total. The summed E-state index contributed by atoms with van der Waals surface area (Å²) in [7, 11) is 0. The van der Waals surface area contributed by atoms with Crippen molar-refractivity contribution >= 4 is 11.7 Å². The minimum atomic E-state index is -0.382. The van der Waals surface area contributed by atoms with Crippen LogP contribution in [0.3, 0.4) is 0 Å². The van der Waals surface area contributed by atoms with Gasteiger partial charge < -0.3 is 10.2 Å². The normalized spacial score (nSPS) is 17.8. The molecule has 0 bridgehead atoms. The number of nitrogens with one attached hydrogen (secondary N) is 1. The van der Waals surface area contributed by atoms with Gasteiger partial charge in [-0.15, -0.1) is 0 Å². The Morgan fingerprint density at radius 1 is 1.24 bits per heavy atom. The highest BCUT2D eigenvalue weighted by Gasteiger charge is 2.28. The minimum absolute atomic E-state index is 0.00191. The first kappa shape index (κ1) is 13.5. The molecule has 1 saturated heterocycles. The molecule has 0 aromatic carbocycles. The number of likely N-dealkylation sites (tertiary alicyclic amines) is 1. The topological polar surface area (TPSA) is 58.1 Å². The number of halogens is 1. The molecule has 1 unspecified atom stereocenters. The molecule has 3 rings (SSSR count). The summed E-state index contributed by atoms with van der Waals surface area (Å²) in [5, 5.41) is 3.05. The lowest BCUT2D eigenvalue weighted by Gasteiger charge is -2.17. The molecule has 108 valence electrons. The fourth-order valence-electron chi connectivity index (χ4n) is 2.40. The molecular formula is C15H15FN4O. The number of nitrogens with zero attached hydrogens (tertiary/aromatic N) is 3. The van der Waals surface area contributed by atoms with Gasteiger partial charge in [-0.25, -0.2) is 9.37 Å². The van der Waals surface area contributed by atoms with Crippen LogP contribution in [0, 0.1) is 5.82 Å². The number of pyridine rings is 2. The molecule has 1 amide bonds. The highest BCUT2D eigenvalue weighted by Crippen LogP contribution is 2.17. The van der Waals surface area contributed by atoms with E-state index in [0.29, 0.717) is 18.8 Å². The van der Waals surface area contributed by atoms with Crippen molar-refractivity contribution in [1.82, 2.24) is 14.9 Å². The largest absolute Gasteiger partial charge is 0.363 e. The van der Waals surface area contributed by atoms with Crippen LogP contribution in [0.25, 0.3) is 0 Å². The molecule has 0 saturated carbocycles. The van der Waals surface area contributed by atoms with Crippen LogP contribution in [0.15, 0.2) is 42.7 Å². The predicted octanol–water partition coefficient (Wildman–Crippen LogP) is 1.94. The van der Waals surface area contributed by atoms with Crippen molar-refractivity contribution in [2.75, 3.05) is 18.4 Å². The van der Waals surface area contributed by atoms with E-state index < -0.39 is 0 Å². The van der Waals surface area contributed by atoms with E-state index in [1.807, 2.05) is 0 Å². The Balaban J connectivity index is 1.63. The van der Waals surface area contributed by atoms with E-state index in [1.54, 1.807) is 35.4 Å². The first-order chi connectivity index (χ1) is 10.2. The average Bonchev–Trinajstić information content (AvgIpc) is 2.98. The van der Waals surface area contributed by atoms with Gasteiger partial charge in [-0.1, -0.05) is 6.07 Å². The van der Waals surface area contributed by atoms with E-state index in [2.05, 4.69) is 15.3 Å². The summed E-state index contributed by atoms with van der Waals surface area (Å²) >= 11 is 0. The van der Waals surface area contributed by atoms with Gasteiger partial charge in [-0.3, -0.25) is 9.78 Å². The Morgan fingerprint density at radius 3 is 2.86 bits per heavy atom. The van der Waals surface area contributed by atoms with Gasteiger partial charge in [-0.05, 0) is 30.7 Å². The van der Waals surface area contributed by atoms with Crippen molar-refractivity contribution < 1.29 is 9.18 Å². The minimum Gasteiger partial charge on any atom is -0.363 e. The number of amides is 1. The zero-order valence-electron chi connectivity index (χ0n) is 11.4. The van der Waals surface area contributed by atoms with Gasteiger partial charge in [0.2, 0.25) is 0 Å². The molecule has 1 aliphatic heterocycles. The fourth-order valence-corrected chi connectivity index (χ4v) is 2.40. The molecular weight excluding hydrogens is 271 g/mol. The van der Waals surface area contributed by atoms with Gasteiger partial charge in [-0.2, -0.15) is 0 Å². The molecule has 6 heteroatoms. The fraction of sp³-hybridized carbons (Fsp3) is 0.267. The second-order valence-corrected chi connectivity index (χ2v) is 4.93. The Labute approximate surface area is 121 Å². The zero-order valence-corrected chi connectivity index (χ0v) is 11.4. The maximum Gasteiger partial charge on any atom is 0.272 e. The first-order valence-electron chi connectivity index (χ1n) is 6.81. The van der Waals surface area contributed by atoms with Crippen molar-refractivity contribution in [3.63, 3.8) is 0 Å². The van der Waals surface area contributed by atoms with Crippen molar-refractivity contribution in [2.45, 2.75) is 12.5 Å². The van der Waals surface area contributed by atoms with Crippen LogP contribution in [0.2, 0.25) is 0 Å². The van der Waals surface area contributed by atoms with Gasteiger partial charge in [0.15, 0.2) is 11.6 Å². The van der Waals surface area contributed by atoms with Gasteiger partial charge in [0, 0.05) is 31.5 Å². The Kier molecular flexibility index (Phi) is 3.77. The number of aromatic nitrogens is 2. The molecule has 2 aromatic heterocycles. The summed E-state index contributed by atoms with van der Waals surface area (Å²) < 4.78 is 13.5. The maximum absolute atomic E-state index is 13.5. The van der Waals surface area contributed by atoms with Crippen LogP contribution in [0.5, 0.6) is 0 Å². The highest BCUT2D eigenvalue weighted by atomic mass is 19.1. The average molecular weight is 286 g/mol. The number of carbonyl (C=O) groups excluding carboxylic acids is 1. The van der Waals surface area contributed by atoms with Crippen LogP contribution in [0.4, 0.5) is 10.2 Å². The number of carbonyl (C=O) groups is 1. The maximum atomic E-state index is 13.5. The van der Waals surface area contributed by atoms with Crippen LogP contribution in [0.1, 0.15) is 16.9 Å². The van der Waals surface area contributed by atoms with E-state index in [-0.39, 0.29) is 23.6 Å². The number of hydrogen-bond acceptors (Lipinski definition) is 4. The van der Waals surface area contributed by atoms with E-state index in [1.165, 1.54) is 12.3 Å². The quantitative estimate of drug-likeness (QED) is 0.937. The van der Waals surface area contributed by atoms with E-state index in [4.69, 9.17) is 0 Å². The Bertz CT molecular complexity index is 635. The molecule has 1 aliphatic rings. The molecule has 1 N–H and O–H groups in total. The lowest BCUT2D eigenvalue weighted by atomic mass is 10.2. The summed E-state index contributed by atoms with van der Waals surface area (Å²) in [5.74, 6) is -0.247. The number of rotatable bonds is 3. The third kappa shape index (κ3) is 2.99. The zero-order chi connectivity index (χ0) is 14.7. The van der Waals surface area contributed by atoms with Crippen LogP contribution in [-0.4, -0.2) is 39.9 Å². The third-order valence-corrected chi connectivity index (χ3v) is 3.46. The van der Waals surface area contributed by atoms with Gasteiger partial charge in [0.05, 0.1) is 0 Å². The Hall–Kier alpha value is -2.50. The van der Waals surface area contributed by atoms with Gasteiger partial charge >= 0.3 is 0 Å². The van der Waals surface area contributed by atoms with Gasteiger partial charge in [0.25, 0.3) is 5.91 Å². The van der Waals surface area contributed by atoms with Crippen LogP contribution < -0.4 is 5.32 Å². The van der Waals surface area contributed by atoms with Crippen molar-refractivity contribution in [2.24, 2.45) is 0 Å². The standard InChI is InChI=1S/C15H15FN4O/c16-12-4-3-8-18-14(12)19-11-6-9-20(10-11)15(21)13-5-1-2-7-17-13/h1-5,7-8,11H,6,9-10H2,(H,18,19). The Morgan fingerprint density at radius 2 is 2.10 bits per heavy atom. The summed E-state index contributed by atoms with van der Waals surface area (Å²) in [6, 6.07) is 8.17. The monoisotopic (exact) mass is 286 g/mol. The van der Waals surface area contributed by atoms with Crippen LogP contribution in [-0.2, 0) is 0 Å². The number of anilines is 1. The van der Waals surface area contributed by atoms with E-state index in [0.717, 1.165) is 6.42 Å². The predicted molar refractivity (Wildman–Crippen MR) is 76.4 cm³/mol. The number of hydrogen-bond donors (Lipinski definition) is 1. The smallest absolute Gasteiger partial charge is 0.272 e. The van der Waals surface area contributed by atoms with Crippen molar-refractivity contribution in [3.05, 3.63) is 54.2 Å². The van der Waals surface area contributed by atoms with E-state index >= 15 is 0 Å². The summed E-state index contributed by atoms with van der Waals surface area (Å²) in [6.07, 6.45) is 3.90. The molecule has 1 atom stereocenters. The van der Waals surface area contributed by atoms with Gasteiger partial charge in [0.1, 0.15) is 5.69 Å². The molecule has 1 fully saturated rings. The summed E-state index contributed by atoms with van der Waals surface area (Å²) in [4.78, 5) is 22.0. The molecule has 0 aliphatic carbocycles. The molecule has 2 aromatic rings. The summed E-state index contributed by atoms with van der Waals surface area (Å²) in [6.45, 7) is 1.15. The lowest BCUT2D eigenvalue weighted by Crippen LogP contribution is -2.32. The third-order valence-electron chi connectivity index (χ3n) is 3.46. The van der Waals surface area contributed by atoms with Crippen LogP contribution >= 0.6 is 0 Å². The van der Waals surface area contributed by atoms with E-state index in [9.17, 15) is 9.18 Å². The van der Waals surface area contributed by atoms with Crippen molar-refractivity contribution in [1.29, 1.82) is 0 Å². The van der Waals surface area contributed by atoms with Crippen molar-refractivity contribution in [3.8, 4) is 0 Å².